The van der Waals surface area contributed by atoms with E-state index in [1.54, 1.807) is 50.2 Å². The molecule has 2 aromatic rings. The van der Waals surface area contributed by atoms with Crippen molar-refractivity contribution < 1.29 is 34.4 Å². The Morgan fingerprint density at radius 1 is 1.00 bits per heavy atom. The Kier molecular flexibility index (Phi) is 5.17. The Balaban J connectivity index is 2.09. The lowest BCUT2D eigenvalue weighted by Crippen LogP contribution is -2.63. The van der Waals surface area contributed by atoms with Crippen LogP contribution in [0.15, 0.2) is 48.5 Å². The molecule has 1 saturated heterocycles. The topological polar surface area (TPSA) is 121 Å². The number of carbonyl (C=O) groups excluding carboxylic acids is 3. The molecule has 1 aliphatic heterocycles. The van der Waals surface area contributed by atoms with Crippen molar-refractivity contribution in [1.82, 2.24) is 0 Å². The fourth-order valence-electron chi connectivity index (χ4n) is 3.55. The zero-order valence-corrected chi connectivity index (χ0v) is 16.2. The Morgan fingerprint density at radius 2 is 1.55 bits per heavy atom. The second-order valence-corrected chi connectivity index (χ2v) is 7.43. The van der Waals surface area contributed by atoms with Gasteiger partial charge in [-0.05, 0) is 37.5 Å². The van der Waals surface area contributed by atoms with E-state index in [0.717, 1.165) is 6.92 Å². The molecular weight excluding hydrogens is 376 g/mol. The lowest BCUT2D eigenvalue weighted by molar-refractivity contribution is -0.158. The molecule has 7 nitrogen and oxygen atoms in total. The number of aryl methyl sites for hydroxylation is 2. The van der Waals surface area contributed by atoms with Crippen molar-refractivity contribution in [2.24, 2.45) is 0 Å². The lowest BCUT2D eigenvalue weighted by Gasteiger charge is -2.33. The summed E-state index contributed by atoms with van der Waals surface area (Å²) in [7, 11) is 0. The highest BCUT2D eigenvalue weighted by Crippen LogP contribution is 2.41. The zero-order valence-electron chi connectivity index (χ0n) is 16.2. The van der Waals surface area contributed by atoms with E-state index >= 15 is 0 Å². The molecule has 1 unspecified atom stereocenters. The number of carbonyl (C=O) groups is 3. The third-order valence-electron chi connectivity index (χ3n) is 5.49. The maximum Gasteiger partial charge on any atom is 0.342 e. The number of benzene rings is 2. The van der Waals surface area contributed by atoms with Gasteiger partial charge in [0.05, 0.1) is 0 Å². The minimum Gasteiger partial charge on any atom is -0.448 e. The van der Waals surface area contributed by atoms with Crippen LogP contribution in [0.25, 0.3) is 0 Å². The summed E-state index contributed by atoms with van der Waals surface area (Å²) in [6.07, 6.45) is -3.84. The highest BCUT2D eigenvalue weighted by molar-refractivity contribution is 6.13. The summed E-state index contributed by atoms with van der Waals surface area (Å²) in [6, 6.07) is 12.8. The minimum absolute atomic E-state index is 0.0248. The number of ether oxygens (including phenoxy) is 1. The third-order valence-corrected chi connectivity index (χ3v) is 5.49. The van der Waals surface area contributed by atoms with E-state index in [2.05, 4.69) is 0 Å². The fourth-order valence-corrected chi connectivity index (χ4v) is 3.55. The van der Waals surface area contributed by atoms with Crippen LogP contribution in [0.2, 0.25) is 0 Å². The highest BCUT2D eigenvalue weighted by Gasteiger charge is 2.71. The van der Waals surface area contributed by atoms with Gasteiger partial charge in [-0.25, -0.2) is 4.79 Å². The van der Waals surface area contributed by atoms with Gasteiger partial charge in [-0.1, -0.05) is 48.5 Å². The van der Waals surface area contributed by atoms with Crippen molar-refractivity contribution in [2.45, 2.75) is 44.2 Å². The fraction of sp³-hybridized carbons (Fsp3) is 0.318. The molecule has 0 aliphatic carbocycles. The van der Waals surface area contributed by atoms with Crippen LogP contribution >= 0.6 is 0 Å². The monoisotopic (exact) mass is 398 g/mol. The molecule has 0 radical (unpaired) electrons. The third kappa shape index (κ3) is 3.07. The molecule has 1 aliphatic rings. The maximum atomic E-state index is 13.2. The normalized spacial score (nSPS) is 27.4. The number of cyclic esters (lactones) is 1. The van der Waals surface area contributed by atoms with E-state index in [0.29, 0.717) is 11.1 Å². The second kappa shape index (κ2) is 7.18. The molecular formula is C22H22O7. The average Bonchev–Trinajstić information content (AvgIpc) is 2.88. The van der Waals surface area contributed by atoms with Crippen molar-refractivity contribution >= 4 is 17.5 Å². The molecule has 1 heterocycles. The number of Topliss-reactive ketones (excluding diaryl/α,β-unsaturated/α-hetero) is 2. The zero-order chi connectivity index (χ0) is 21.6. The number of esters is 1. The predicted molar refractivity (Wildman–Crippen MR) is 102 cm³/mol. The van der Waals surface area contributed by atoms with Crippen molar-refractivity contribution in [2.75, 3.05) is 0 Å². The Bertz CT molecular complexity index is 994. The van der Waals surface area contributed by atoms with Crippen molar-refractivity contribution in [3.8, 4) is 0 Å². The SMILES string of the molecule is Cc1ccccc1C(=O)[C@@]1(O)[C@@H](C(=O)C(O)c2ccccc2C)OC(=O)[C@]1(C)O. The molecule has 29 heavy (non-hydrogen) atoms. The van der Waals surface area contributed by atoms with Crippen molar-refractivity contribution in [1.29, 1.82) is 0 Å². The largest absolute Gasteiger partial charge is 0.448 e. The molecule has 0 bridgehead atoms. The summed E-state index contributed by atoms with van der Waals surface area (Å²) in [5.41, 5.74) is -4.25. The summed E-state index contributed by atoms with van der Waals surface area (Å²) < 4.78 is 4.95. The molecule has 3 N–H and O–H groups in total. The van der Waals surface area contributed by atoms with E-state index in [9.17, 15) is 29.7 Å². The van der Waals surface area contributed by atoms with Crippen LogP contribution in [0.1, 0.15) is 40.1 Å². The smallest absolute Gasteiger partial charge is 0.342 e. The number of hydrogen-bond acceptors (Lipinski definition) is 7. The van der Waals surface area contributed by atoms with Crippen LogP contribution in [-0.2, 0) is 14.3 Å². The number of hydrogen-bond donors (Lipinski definition) is 3. The lowest BCUT2D eigenvalue weighted by atomic mass is 9.74. The van der Waals surface area contributed by atoms with Gasteiger partial charge in [0.15, 0.2) is 5.60 Å². The van der Waals surface area contributed by atoms with Crippen LogP contribution in [0.4, 0.5) is 0 Å². The van der Waals surface area contributed by atoms with E-state index < -0.39 is 40.9 Å². The standard InChI is InChI=1S/C22H22O7/c1-12-8-4-6-10-14(12)16(23)17(24)19-22(28,21(3,27)20(26)29-19)18(25)15-11-7-5-9-13(15)2/h4-11,16,19,23,27-28H,1-3H3/t16?,19-,21+,22-/m1/s1. The van der Waals surface area contributed by atoms with Gasteiger partial charge in [-0.3, -0.25) is 9.59 Å². The van der Waals surface area contributed by atoms with Crippen LogP contribution in [0, 0.1) is 13.8 Å². The molecule has 7 heteroatoms. The highest BCUT2D eigenvalue weighted by atomic mass is 16.6. The molecule has 0 saturated carbocycles. The molecule has 3 rings (SSSR count). The van der Waals surface area contributed by atoms with Gasteiger partial charge in [0.25, 0.3) is 0 Å². The summed E-state index contributed by atoms with van der Waals surface area (Å²) in [5.74, 6) is -3.46. The van der Waals surface area contributed by atoms with Crippen LogP contribution in [0.3, 0.4) is 0 Å². The van der Waals surface area contributed by atoms with Gasteiger partial charge >= 0.3 is 5.97 Å². The van der Waals surface area contributed by atoms with Gasteiger partial charge in [-0.2, -0.15) is 0 Å². The number of aliphatic hydroxyl groups excluding tert-OH is 1. The average molecular weight is 398 g/mol. The molecule has 0 amide bonds. The van der Waals surface area contributed by atoms with Crippen molar-refractivity contribution in [3.63, 3.8) is 0 Å². The van der Waals surface area contributed by atoms with E-state index in [4.69, 9.17) is 4.74 Å². The molecule has 4 atom stereocenters. The van der Waals surface area contributed by atoms with Gasteiger partial charge in [0.2, 0.25) is 23.3 Å². The predicted octanol–water partition coefficient (Wildman–Crippen LogP) is 1.20. The van der Waals surface area contributed by atoms with Gasteiger partial charge in [-0.15, -0.1) is 0 Å². The van der Waals surface area contributed by atoms with E-state index in [1.807, 2.05) is 0 Å². The van der Waals surface area contributed by atoms with E-state index in [1.165, 1.54) is 12.1 Å². The van der Waals surface area contributed by atoms with Crippen molar-refractivity contribution in [3.05, 3.63) is 70.8 Å². The Hall–Kier alpha value is -2.87. The molecule has 0 spiro atoms. The van der Waals surface area contributed by atoms with Crippen LogP contribution < -0.4 is 0 Å². The minimum atomic E-state index is -2.91. The quantitative estimate of drug-likeness (QED) is 0.511. The maximum absolute atomic E-state index is 13.2. The number of aliphatic hydroxyl groups is 3. The number of ketones is 2. The summed E-state index contributed by atoms with van der Waals surface area (Å²) in [5, 5.41) is 32.5. The van der Waals surface area contributed by atoms with Crippen LogP contribution in [-0.4, -0.2) is 50.2 Å². The first-order valence-electron chi connectivity index (χ1n) is 9.07. The summed E-state index contributed by atoms with van der Waals surface area (Å²) in [6.45, 7) is 4.20. The van der Waals surface area contributed by atoms with Gasteiger partial charge in [0, 0.05) is 5.56 Å². The van der Waals surface area contributed by atoms with Gasteiger partial charge in [0.1, 0.15) is 6.10 Å². The molecule has 1 fully saturated rings. The second-order valence-electron chi connectivity index (χ2n) is 7.43. The first-order valence-corrected chi connectivity index (χ1v) is 9.07. The Labute approximate surface area is 167 Å². The first-order chi connectivity index (χ1) is 13.5. The molecule has 0 aromatic heterocycles. The number of rotatable bonds is 5. The van der Waals surface area contributed by atoms with E-state index in [-0.39, 0.29) is 11.1 Å². The summed E-state index contributed by atoms with van der Waals surface area (Å²) >= 11 is 0. The molecule has 2 aromatic carbocycles. The van der Waals surface area contributed by atoms with Gasteiger partial charge < -0.3 is 20.1 Å². The summed E-state index contributed by atoms with van der Waals surface area (Å²) in [4.78, 5) is 38.5. The van der Waals surface area contributed by atoms with Crippen LogP contribution in [0.5, 0.6) is 0 Å². The first kappa shape index (κ1) is 20.9. The molecule has 152 valence electrons. The Morgan fingerprint density at radius 3 is 2.14 bits per heavy atom.